The molecule has 0 aliphatic rings. The second kappa shape index (κ2) is 10.5. The molecular weight excluding hydrogens is 467 g/mol. The van der Waals surface area contributed by atoms with Crippen LogP contribution in [0, 0.1) is 0 Å². The maximum atomic E-state index is 11.9. The highest BCUT2D eigenvalue weighted by atomic mass is 127. The van der Waals surface area contributed by atoms with Crippen LogP contribution in [0.25, 0.3) is 0 Å². The van der Waals surface area contributed by atoms with Gasteiger partial charge in [-0.1, -0.05) is 12.1 Å². The molecule has 0 amide bonds. The molecule has 3 N–H and O–H groups in total. The van der Waals surface area contributed by atoms with E-state index >= 15 is 0 Å². The van der Waals surface area contributed by atoms with E-state index in [1.54, 1.807) is 29.1 Å². The predicted molar refractivity (Wildman–Crippen MR) is 113 cm³/mol. The fourth-order valence-electron chi connectivity index (χ4n) is 2.19. The lowest BCUT2D eigenvalue weighted by Gasteiger charge is -2.11. The number of aromatic nitrogens is 2. The summed E-state index contributed by atoms with van der Waals surface area (Å²) < 4.78 is 27.9. The molecular formula is C16H25IN6O2S. The standard InChI is InChI=1S/C16H24N6O2S.HI/c1-4-18-16(20-12-14-8-9-21-22(14)3)19-11-13-6-5-7-15(10-13)25(23,24)17-2;/h5-10,17H,4,11-12H2,1-3H3,(H2,18,19,20);1H. The average molecular weight is 492 g/mol. The van der Waals surface area contributed by atoms with E-state index in [0.29, 0.717) is 19.0 Å². The molecule has 1 aromatic carbocycles. The van der Waals surface area contributed by atoms with Gasteiger partial charge in [0.15, 0.2) is 5.96 Å². The van der Waals surface area contributed by atoms with Crippen molar-refractivity contribution in [3.8, 4) is 0 Å². The summed E-state index contributed by atoms with van der Waals surface area (Å²) in [5.41, 5.74) is 1.85. The van der Waals surface area contributed by atoms with Crippen molar-refractivity contribution in [2.24, 2.45) is 12.0 Å². The van der Waals surface area contributed by atoms with E-state index in [-0.39, 0.29) is 28.9 Å². The first-order valence-electron chi connectivity index (χ1n) is 7.98. The van der Waals surface area contributed by atoms with Gasteiger partial charge in [0, 0.05) is 19.8 Å². The van der Waals surface area contributed by atoms with Crippen LogP contribution in [0.3, 0.4) is 0 Å². The topological polar surface area (TPSA) is 100 Å². The zero-order valence-electron chi connectivity index (χ0n) is 15.1. The molecule has 0 radical (unpaired) electrons. The molecule has 1 heterocycles. The van der Waals surface area contributed by atoms with Crippen LogP contribution in [0.5, 0.6) is 0 Å². The number of aryl methyl sites for hydroxylation is 1. The SMILES string of the molecule is CCNC(=NCc1cccc(S(=O)(=O)NC)c1)NCc1ccnn1C.I. The summed E-state index contributed by atoms with van der Waals surface area (Å²) in [6.45, 7) is 3.68. The van der Waals surface area contributed by atoms with Crippen molar-refractivity contribution in [3.63, 3.8) is 0 Å². The molecule has 1 aromatic heterocycles. The zero-order valence-corrected chi connectivity index (χ0v) is 18.2. The fourth-order valence-corrected chi connectivity index (χ4v) is 2.99. The average Bonchev–Trinajstić information content (AvgIpc) is 3.02. The summed E-state index contributed by atoms with van der Waals surface area (Å²) in [6, 6.07) is 8.68. The summed E-state index contributed by atoms with van der Waals surface area (Å²) >= 11 is 0. The normalized spacial score (nSPS) is 11.7. The number of nitrogens with zero attached hydrogens (tertiary/aromatic N) is 3. The number of nitrogens with one attached hydrogen (secondary N) is 3. The largest absolute Gasteiger partial charge is 0.357 e. The molecule has 0 aliphatic carbocycles. The Hall–Kier alpha value is -1.66. The highest BCUT2D eigenvalue weighted by molar-refractivity contribution is 14.0. The minimum Gasteiger partial charge on any atom is -0.357 e. The lowest BCUT2D eigenvalue weighted by Crippen LogP contribution is -2.37. The van der Waals surface area contributed by atoms with Crippen LogP contribution in [0.15, 0.2) is 46.4 Å². The number of halogens is 1. The molecule has 0 saturated carbocycles. The van der Waals surface area contributed by atoms with E-state index < -0.39 is 10.0 Å². The van der Waals surface area contributed by atoms with Gasteiger partial charge in [-0.2, -0.15) is 5.10 Å². The van der Waals surface area contributed by atoms with Crippen LogP contribution in [0.2, 0.25) is 0 Å². The number of benzene rings is 1. The van der Waals surface area contributed by atoms with Gasteiger partial charge in [0.1, 0.15) is 0 Å². The lowest BCUT2D eigenvalue weighted by molar-refractivity contribution is 0.588. The number of hydrogen-bond donors (Lipinski definition) is 3. The van der Waals surface area contributed by atoms with E-state index in [4.69, 9.17) is 0 Å². The van der Waals surface area contributed by atoms with Crippen LogP contribution >= 0.6 is 24.0 Å². The van der Waals surface area contributed by atoms with Crippen LogP contribution in [-0.4, -0.2) is 37.8 Å². The van der Waals surface area contributed by atoms with Crippen molar-refractivity contribution in [2.75, 3.05) is 13.6 Å². The summed E-state index contributed by atoms with van der Waals surface area (Å²) in [5, 5.41) is 10.5. The second-order valence-corrected chi connectivity index (χ2v) is 7.24. The minimum atomic E-state index is -3.45. The Morgan fingerprint density at radius 3 is 2.65 bits per heavy atom. The molecule has 0 unspecified atom stereocenters. The molecule has 0 aliphatic heterocycles. The van der Waals surface area contributed by atoms with E-state index in [2.05, 4.69) is 25.4 Å². The third-order valence-corrected chi connectivity index (χ3v) is 5.01. The van der Waals surface area contributed by atoms with Gasteiger partial charge in [0.25, 0.3) is 0 Å². The van der Waals surface area contributed by atoms with Crippen molar-refractivity contribution in [3.05, 3.63) is 47.8 Å². The van der Waals surface area contributed by atoms with Gasteiger partial charge < -0.3 is 10.6 Å². The van der Waals surface area contributed by atoms with E-state index in [0.717, 1.165) is 17.8 Å². The lowest BCUT2D eigenvalue weighted by atomic mass is 10.2. The van der Waals surface area contributed by atoms with Gasteiger partial charge >= 0.3 is 0 Å². The van der Waals surface area contributed by atoms with Gasteiger partial charge in [-0.3, -0.25) is 4.68 Å². The van der Waals surface area contributed by atoms with Crippen LogP contribution < -0.4 is 15.4 Å². The fraction of sp³-hybridized carbons (Fsp3) is 0.375. The molecule has 2 aromatic rings. The molecule has 8 nitrogen and oxygen atoms in total. The zero-order chi connectivity index (χ0) is 18.3. The van der Waals surface area contributed by atoms with Gasteiger partial charge in [0.05, 0.1) is 23.7 Å². The van der Waals surface area contributed by atoms with Crippen LogP contribution in [0.4, 0.5) is 0 Å². The first-order chi connectivity index (χ1) is 12.0. The van der Waals surface area contributed by atoms with Gasteiger partial charge in [-0.25, -0.2) is 18.1 Å². The van der Waals surface area contributed by atoms with Crippen molar-refractivity contribution in [1.29, 1.82) is 0 Å². The molecule has 26 heavy (non-hydrogen) atoms. The van der Waals surface area contributed by atoms with Crippen molar-refractivity contribution in [1.82, 2.24) is 25.1 Å². The summed E-state index contributed by atoms with van der Waals surface area (Å²) in [5.74, 6) is 0.658. The van der Waals surface area contributed by atoms with E-state index in [9.17, 15) is 8.42 Å². The number of hydrogen-bond acceptors (Lipinski definition) is 4. The summed E-state index contributed by atoms with van der Waals surface area (Å²) in [4.78, 5) is 4.74. The smallest absolute Gasteiger partial charge is 0.240 e. The molecule has 0 saturated heterocycles. The maximum absolute atomic E-state index is 11.9. The second-order valence-electron chi connectivity index (χ2n) is 5.35. The van der Waals surface area contributed by atoms with Crippen molar-refractivity contribution < 1.29 is 8.42 Å². The number of rotatable bonds is 7. The highest BCUT2D eigenvalue weighted by Gasteiger charge is 2.11. The van der Waals surface area contributed by atoms with E-state index in [1.807, 2.05) is 26.1 Å². The Balaban J connectivity index is 0.00000338. The highest BCUT2D eigenvalue weighted by Crippen LogP contribution is 2.11. The third-order valence-electron chi connectivity index (χ3n) is 3.60. The third kappa shape index (κ3) is 6.25. The molecule has 0 atom stereocenters. The Morgan fingerprint density at radius 1 is 1.27 bits per heavy atom. The minimum absolute atomic E-state index is 0. The first-order valence-corrected chi connectivity index (χ1v) is 9.46. The molecule has 0 bridgehead atoms. The van der Waals surface area contributed by atoms with Gasteiger partial charge in [0.2, 0.25) is 10.0 Å². The van der Waals surface area contributed by atoms with Crippen molar-refractivity contribution >= 4 is 40.0 Å². The summed E-state index contributed by atoms with van der Waals surface area (Å²) in [6.07, 6.45) is 1.74. The summed E-state index contributed by atoms with van der Waals surface area (Å²) in [7, 11) is -0.175. The molecule has 0 fully saturated rings. The molecule has 10 heteroatoms. The molecule has 2 rings (SSSR count). The predicted octanol–water partition coefficient (Wildman–Crippen LogP) is 1.20. The Labute approximate surface area is 171 Å². The molecule has 0 spiro atoms. The maximum Gasteiger partial charge on any atom is 0.240 e. The van der Waals surface area contributed by atoms with Crippen molar-refractivity contribution in [2.45, 2.75) is 24.9 Å². The van der Waals surface area contributed by atoms with Gasteiger partial charge in [-0.15, -0.1) is 24.0 Å². The van der Waals surface area contributed by atoms with E-state index in [1.165, 1.54) is 7.05 Å². The molecule has 144 valence electrons. The van der Waals surface area contributed by atoms with Crippen LogP contribution in [0.1, 0.15) is 18.2 Å². The van der Waals surface area contributed by atoms with Gasteiger partial charge in [-0.05, 0) is 37.7 Å². The Bertz CT molecular complexity index is 835. The Morgan fingerprint density at radius 2 is 2.04 bits per heavy atom. The number of aliphatic imine (C=N–C) groups is 1. The monoisotopic (exact) mass is 492 g/mol. The van der Waals surface area contributed by atoms with Crippen LogP contribution in [-0.2, 0) is 30.2 Å². The Kier molecular flexibility index (Phi) is 9.02. The number of guanidine groups is 1. The quantitative estimate of drug-likeness (QED) is 0.307. The first kappa shape index (κ1) is 22.4. The number of sulfonamides is 1.